The van der Waals surface area contributed by atoms with Crippen LogP contribution in [-0.4, -0.2) is 48.3 Å². The smallest absolute Gasteiger partial charge is 0.326 e. The number of aliphatic carboxylic acids is 1. The number of halogens is 2. The van der Waals surface area contributed by atoms with Crippen LogP contribution < -0.4 is 16.0 Å². The van der Waals surface area contributed by atoms with Crippen molar-refractivity contribution < 1.29 is 27.9 Å². The molecule has 14 heteroatoms. The van der Waals surface area contributed by atoms with Gasteiger partial charge in [-0.05, 0) is 59.8 Å². The molecule has 4 aromatic rings. The molecule has 0 saturated carbocycles. The summed E-state index contributed by atoms with van der Waals surface area (Å²) in [6, 6.07) is 18.6. The van der Waals surface area contributed by atoms with Crippen molar-refractivity contribution in [2.24, 2.45) is 0 Å². The third kappa shape index (κ3) is 9.08. The van der Waals surface area contributed by atoms with Crippen molar-refractivity contribution >= 4 is 73.8 Å². The van der Waals surface area contributed by atoms with Gasteiger partial charge in [-0.25, -0.2) is 18.0 Å². The number of para-hydroxylation sites is 1. The molecule has 3 amide bonds. The number of carbonyl (C=O) groups excluding carboxylic acids is 2. The van der Waals surface area contributed by atoms with Crippen LogP contribution in [-0.2, 0) is 27.8 Å². The quantitative estimate of drug-likeness (QED) is 0.110. The molecule has 0 unspecified atom stereocenters. The van der Waals surface area contributed by atoms with Crippen LogP contribution in [0.4, 0.5) is 16.2 Å². The van der Waals surface area contributed by atoms with E-state index in [1.165, 1.54) is 27.8 Å². The summed E-state index contributed by atoms with van der Waals surface area (Å²) in [5.41, 5.74) is 1.13. The molecule has 3 aromatic carbocycles. The van der Waals surface area contributed by atoms with Gasteiger partial charge in [0.15, 0.2) is 0 Å². The maximum atomic E-state index is 13.8. The van der Waals surface area contributed by atoms with E-state index in [0.29, 0.717) is 24.2 Å². The number of carboxylic acids is 1. The van der Waals surface area contributed by atoms with Crippen LogP contribution in [0.5, 0.6) is 0 Å². The Labute approximate surface area is 281 Å². The Morgan fingerprint density at radius 2 is 1.61 bits per heavy atom. The van der Waals surface area contributed by atoms with Crippen LogP contribution >= 0.6 is 34.5 Å². The minimum atomic E-state index is -4.02. The number of hydrogen-bond donors (Lipinski definition) is 4. The third-order valence-electron chi connectivity index (χ3n) is 6.87. The highest BCUT2D eigenvalue weighted by atomic mass is 35.5. The Morgan fingerprint density at radius 3 is 2.24 bits per heavy atom. The van der Waals surface area contributed by atoms with Crippen molar-refractivity contribution in [1.82, 2.24) is 9.62 Å². The Morgan fingerprint density at radius 1 is 0.913 bits per heavy atom. The second-order valence-electron chi connectivity index (χ2n) is 10.2. The van der Waals surface area contributed by atoms with E-state index in [-0.39, 0.29) is 39.2 Å². The van der Waals surface area contributed by atoms with Gasteiger partial charge in [0.25, 0.3) is 5.91 Å². The number of rotatable bonds is 14. The van der Waals surface area contributed by atoms with Crippen molar-refractivity contribution in [2.75, 3.05) is 17.2 Å². The van der Waals surface area contributed by atoms with Gasteiger partial charge in [0.2, 0.25) is 10.0 Å². The fraction of sp³-hybridized carbons (Fsp3) is 0.219. The number of urea groups is 1. The van der Waals surface area contributed by atoms with Gasteiger partial charge in [-0.1, -0.05) is 72.9 Å². The van der Waals surface area contributed by atoms with Crippen LogP contribution in [0.2, 0.25) is 10.0 Å². The van der Waals surface area contributed by atoms with E-state index in [1.807, 2.05) is 24.4 Å². The molecule has 0 saturated heterocycles. The SMILES string of the molecule is CCCCN(Cc1cccs1)S(=O)(=O)c1ccccc1NC(=O)N[C@@H](Cc1ccc(NC(=O)c2c(Cl)cccc2Cl)cc1)C(=O)O. The summed E-state index contributed by atoms with van der Waals surface area (Å²) >= 11 is 13.7. The number of hydrogen-bond acceptors (Lipinski definition) is 6. The predicted molar refractivity (Wildman–Crippen MR) is 181 cm³/mol. The third-order valence-corrected chi connectivity index (χ3v) is 10.3. The number of thiophene rings is 1. The van der Waals surface area contributed by atoms with Gasteiger partial charge in [0.05, 0.1) is 21.3 Å². The standard InChI is InChI=1S/C32H32Cl2N4O6S2/c1-2-3-17-38(20-23-8-7-18-45-23)46(43,44)28-12-5-4-11-26(28)36-32(42)37-27(31(40)41)19-21-13-15-22(16-14-21)35-30(39)29-24(33)9-6-10-25(29)34/h4-16,18,27H,2-3,17,19-20H2,1H3,(H,35,39)(H,40,41)(H2,36,37,42)/t27-/m0/s1. The summed E-state index contributed by atoms with van der Waals surface area (Å²) < 4.78 is 28.9. The van der Waals surface area contributed by atoms with Crippen LogP contribution in [0, 0.1) is 0 Å². The number of unbranched alkanes of at least 4 members (excludes halogenated alkanes) is 1. The first-order chi connectivity index (χ1) is 22.0. The highest BCUT2D eigenvalue weighted by molar-refractivity contribution is 7.89. The first-order valence-corrected chi connectivity index (χ1v) is 17.3. The normalized spacial score (nSPS) is 12.0. The lowest BCUT2D eigenvalue weighted by atomic mass is 10.1. The molecule has 4 rings (SSSR count). The molecule has 1 heterocycles. The molecule has 1 atom stereocenters. The van der Waals surface area contributed by atoms with Crippen molar-refractivity contribution in [3.05, 3.63) is 110 Å². The molecular formula is C32H32Cl2N4O6S2. The molecule has 0 bridgehead atoms. The van der Waals surface area contributed by atoms with E-state index in [1.54, 1.807) is 54.6 Å². The van der Waals surface area contributed by atoms with Gasteiger partial charge >= 0.3 is 12.0 Å². The molecule has 1 aromatic heterocycles. The fourth-order valence-electron chi connectivity index (χ4n) is 4.51. The van der Waals surface area contributed by atoms with E-state index in [0.717, 1.165) is 11.3 Å². The Balaban J connectivity index is 1.44. The summed E-state index contributed by atoms with van der Waals surface area (Å²) in [5, 5.41) is 19.7. The largest absolute Gasteiger partial charge is 0.480 e. The van der Waals surface area contributed by atoms with E-state index in [9.17, 15) is 27.9 Å². The average molecular weight is 704 g/mol. The molecule has 242 valence electrons. The van der Waals surface area contributed by atoms with Crippen LogP contribution in [0.1, 0.15) is 40.6 Å². The molecule has 0 fully saturated rings. The highest BCUT2D eigenvalue weighted by Crippen LogP contribution is 2.28. The number of amides is 3. The van der Waals surface area contributed by atoms with Gasteiger partial charge in [-0.15, -0.1) is 11.3 Å². The average Bonchev–Trinajstić information content (AvgIpc) is 3.53. The Hall–Kier alpha value is -3.94. The Kier molecular flexibility index (Phi) is 12.2. The number of nitrogens with zero attached hydrogens (tertiary/aromatic N) is 1. The molecule has 0 aliphatic carbocycles. The zero-order chi connectivity index (χ0) is 33.3. The topological polar surface area (TPSA) is 145 Å². The number of benzene rings is 3. The monoisotopic (exact) mass is 702 g/mol. The van der Waals surface area contributed by atoms with Crippen molar-refractivity contribution in [2.45, 2.75) is 43.7 Å². The molecule has 46 heavy (non-hydrogen) atoms. The Bertz CT molecular complexity index is 1760. The zero-order valence-corrected chi connectivity index (χ0v) is 27.8. The van der Waals surface area contributed by atoms with Crippen molar-refractivity contribution in [3.63, 3.8) is 0 Å². The first kappa shape index (κ1) is 34.9. The molecule has 4 N–H and O–H groups in total. The predicted octanol–water partition coefficient (Wildman–Crippen LogP) is 7.12. The lowest BCUT2D eigenvalue weighted by Gasteiger charge is -2.23. The minimum Gasteiger partial charge on any atom is -0.480 e. The minimum absolute atomic E-state index is 0.0236. The summed E-state index contributed by atoms with van der Waals surface area (Å²) in [7, 11) is -4.02. The summed E-state index contributed by atoms with van der Waals surface area (Å²) in [5.74, 6) is -1.80. The lowest BCUT2D eigenvalue weighted by molar-refractivity contribution is -0.139. The van der Waals surface area contributed by atoms with Gasteiger partial charge in [0, 0.05) is 30.1 Å². The number of sulfonamides is 1. The second kappa shape index (κ2) is 16.1. The first-order valence-electron chi connectivity index (χ1n) is 14.3. The van der Waals surface area contributed by atoms with Crippen LogP contribution in [0.25, 0.3) is 0 Å². The number of carboxylic acid groups (broad SMARTS) is 1. The lowest BCUT2D eigenvalue weighted by Crippen LogP contribution is -2.44. The fourth-order valence-corrected chi connectivity index (χ4v) is 7.49. The van der Waals surface area contributed by atoms with Crippen LogP contribution in [0.3, 0.4) is 0 Å². The van der Waals surface area contributed by atoms with E-state index in [4.69, 9.17) is 23.2 Å². The van der Waals surface area contributed by atoms with E-state index < -0.39 is 34.0 Å². The van der Waals surface area contributed by atoms with Gasteiger partial charge < -0.3 is 21.1 Å². The highest BCUT2D eigenvalue weighted by Gasteiger charge is 2.28. The van der Waals surface area contributed by atoms with E-state index in [2.05, 4.69) is 16.0 Å². The van der Waals surface area contributed by atoms with Gasteiger partial charge in [0.1, 0.15) is 10.9 Å². The van der Waals surface area contributed by atoms with E-state index >= 15 is 0 Å². The molecular weight excluding hydrogens is 671 g/mol. The van der Waals surface area contributed by atoms with Crippen molar-refractivity contribution in [1.29, 1.82) is 0 Å². The van der Waals surface area contributed by atoms with Crippen LogP contribution in [0.15, 0.2) is 89.1 Å². The molecule has 0 radical (unpaired) electrons. The van der Waals surface area contributed by atoms with Crippen molar-refractivity contribution in [3.8, 4) is 0 Å². The zero-order valence-electron chi connectivity index (χ0n) is 24.7. The second-order valence-corrected chi connectivity index (χ2v) is 14.0. The summed E-state index contributed by atoms with van der Waals surface area (Å²) in [6.45, 7) is 2.46. The number of carbonyl (C=O) groups is 3. The maximum absolute atomic E-state index is 13.8. The summed E-state index contributed by atoms with van der Waals surface area (Å²) in [4.78, 5) is 38.5. The molecule has 0 aliphatic rings. The number of nitrogens with one attached hydrogen (secondary N) is 3. The molecule has 10 nitrogen and oxygen atoms in total. The number of anilines is 2. The molecule has 0 aliphatic heterocycles. The van der Waals surface area contributed by atoms with Gasteiger partial charge in [-0.2, -0.15) is 4.31 Å². The van der Waals surface area contributed by atoms with Gasteiger partial charge in [-0.3, -0.25) is 4.79 Å². The summed E-state index contributed by atoms with van der Waals surface area (Å²) in [6.07, 6.45) is 1.37. The maximum Gasteiger partial charge on any atom is 0.326 e. The molecule has 0 spiro atoms.